The van der Waals surface area contributed by atoms with E-state index < -0.39 is 5.59 Å². The van der Waals surface area contributed by atoms with Crippen LogP contribution in [0.3, 0.4) is 0 Å². The van der Waals surface area contributed by atoms with Gasteiger partial charge in [0, 0.05) is 16.7 Å². The third-order valence-electron chi connectivity index (χ3n) is 8.58. The molecule has 0 N–H and O–H groups in total. The summed E-state index contributed by atoms with van der Waals surface area (Å²) in [6, 6.07) is 19.8. The predicted molar refractivity (Wildman–Crippen MR) is 242 cm³/mol. The molecule has 0 fully saturated rings. The van der Waals surface area contributed by atoms with Crippen LogP contribution in [0.1, 0.15) is 158 Å². The van der Waals surface area contributed by atoms with Crippen molar-refractivity contribution in [2.24, 2.45) is 0 Å². The van der Waals surface area contributed by atoms with Crippen molar-refractivity contribution in [3.8, 4) is 17.2 Å². The minimum atomic E-state index is -3.12. The number of hydrogen-bond acceptors (Lipinski definition) is 3. The molecule has 0 aliphatic rings. The maximum absolute atomic E-state index is 7.12. The van der Waals surface area contributed by atoms with Crippen LogP contribution in [0, 0.1) is 0 Å². The van der Waals surface area contributed by atoms with Crippen molar-refractivity contribution in [3.63, 3.8) is 0 Å². The van der Waals surface area contributed by atoms with Crippen LogP contribution in [-0.4, -0.2) is 0 Å². The molecule has 0 saturated carbocycles. The van der Waals surface area contributed by atoms with Crippen LogP contribution in [0.15, 0.2) is 54.6 Å². The molecule has 0 bridgehead atoms. The van der Waals surface area contributed by atoms with Crippen molar-refractivity contribution in [3.05, 3.63) is 88.0 Å². The number of halogens is 4. The number of rotatable bonds is 6. The molecule has 8 heteroatoms. The van der Waals surface area contributed by atoms with E-state index >= 15 is 0 Å². The van der Waals surface area contributed by atoms with Gasteiger partial charge < -0.3 is 0 Å². The van der Waals surface area contributed by atoms with Crippen molar-refractivity contribution in [2.75, 3.05) is 0 Å². The number of benzene rings is 3. The van der Waals surface area contributed by atoms with Crippen LogP contribution < -0.4 is 26.8 Å². The van der Waals surface area contributed by atoms with Crippen LogP contribution in [0.25, 0.3) is 0 Å². The monoisotopic (exact) mass is 1150 g/mol. The standard InChI is InChI=1S/C42H63IO3P.I3/c1-37(2,3)28-19-22-34(31(25-28)40(10,11)12)44-47(43,45-35-23-20-29(38(4,5)6)26-32(35)41(13,14)15)46-36-24-21-30(39(7,8)9)27-33(36)42(16,17)18;1-3-2/h19-27H,1-18H3;/q+1;-1. The molecule has 0 aliphatic heterocycles. The Labute approximate surface area is 350 Å². The fraction of sp³-hybridized carbons (Fsp3) is 0.571. The van der Waals surface area contributed by atoms with E-state index in [1.165, 1.54) is 16.7 Å². The molecule has 0 atom stereocenters. The van der Waals surface area contributed by atoms with E-state index in [9.17, 15) is 0 Å². The van der Waals surface area contributed by atoms with Gasteiger partial charge >= 0.3 is 56.1 Å². The van der Waals surface area contributed by atoms with E-state index in [4.69, 9.17) is 13.6 Å². The summed E-state index contributed by atoms with van der Waals surface area (Å²) in [6.07, 6.45) is 0. The summed E-state index contributed by atoms with van der Waals surface area (Å²) >= 11 is 7.64. The van der Waals surface area contributed by atoms with Gasteiger partial charge in [-0.2, -0.15) is 0 Å². The second-order valence-electron chi connectivity index (χ2n) is 19.4. The van der Waals surface area contributed by atoms with Crippen molar-refractivity contribution in [2.45, 2.75) is 157 Å². The van der Waals surface area contributed by atoms with Gasteiger partial charge in [0.2, 0.25) is 0 Å². The van der Waals surface area contributed by atoms with E-state index in [-0.39, 0.29) is 32.5 Å². The van der Waals surface area contributed by atoms with Crippen molar-refractivity contribution < 1.29 is 26.8 Å². The van der Waals surface area contributed by atoms with Gasteiger partial charge in [0.15, 0.2) is 17.2 Å². The molecule has 282 valence electrons. The zero-order valence-electron chi connectivity index (χ0n) is 33.9. The van der Waals surface area contributed by atoms with Gasteiger partial charge in [-0.15, -0.1) is 0 Å². The Morgan fingerprint density at radius 1 is 0.400 bits per heavy atom. The Hall–Kier alpha value is 0.410. The Morgan fingerprint density at radius 3 is 0.760 bits per heavy atom. The van der Waals surface area contributed by atoms with Gasteiger partial charge in [0.05, 0.1) is 0 Å². The van der Waals surface area contributed by atoms with Gasteiger partial charge in [0.1, 0.15) is 0 Å². The molecule has 0 heterocycles. The molecule has 0 saturated heterocycles. The Bertz CT molecular complexity index is 1410. The first kappa shape index (κ1) is 46.6. The van der Waals surface area contributed by atoms with Crippen LogP contribution in [0.2, 0.25) is 0 Å². The summed E-state index contributed by atoms with van der Waals surface area (Å²) in [4.78, 5) is 0. The first-order valence-corrected chi connectivity index (χ1v) is 34.2. The third kappa shape index (κ3) is 13.3. The normalized spacial score (nSPS) is 13.5. The molecule has 3 aromatic rings. The summed E-state index contributed by atoms with van der Waals surface area (Å²) in [5.74, 6) is 2.38. The Kier molecular flexibility index (Phi) is 15.9. The zero-order chi connectivity index (χ0) is 38.9. The second kappa shape index (κ2) is 17.1. The predicted octanol–water partition coefficient (Wildman–Crippen LogP) is 12.9. The molecule has 0 spiro atoms. The Balaban J connectivity index is 0.00000278. The van der Waals surface area contributed by atoms with Crippen molar-refractivity contribution >= 4 is 64.9 Å². The summed E-state index contributed by atoms with van der Waals surface area (Å²) in [7, 11) is 0. The second-order valence-corrected chi connectivity index (χ2v) is 40.6. The van der Waals surface area contributed by atoms with E-state index in [0.717, 1.165) is 33.9 Å². The molecule has 50 heavy (non-hydrogen) atoms. The molecule has 0 aliphatic carbocycles. The number of hydrogen-bond donors (Lipinski definition) is 0. The SMILES string of the molecule is CC(C)(C)c1ccc(O[P+](I)(Oc2ccc(C(C)(C)C)cc2C(C)(C)C)Oc2ccc(C(C)(C)C)cc2C(C)(C)C)c(C(C)(C)C)c1.I[I-]I. The fourth-order valence-corrected chi connectivity index (χ4v) is 8.60. The Morgan fingerprint density at radius 2 is 0.600 bits per heavy atom. The molecule has 0 unspecified atom stereocenters. The quantitative estimate of drug-likeness (QED) is 0.182. The molecule has 3 rings (SSSR count). The average Bonchev–Trinajstić information content (AvgIpc) is 2.90. The minimum absolute atomic E-state index is 0.00884. The third-order valence-corrected chi connectivity index (χ3v) is 11.6. The first-order valence-electron chi connectivity index (χ1n) is 17.3. The first-order chi connectivity index (χ1) is 22.3. The van der Waals surface area contributed by atoms with Gasteiger partial charge in [0.25, 0.3) is 22.0 Å². The molecule has 3 aromatic carbocycles. The maximum atomic E-state index is 7.12. The zero-order valence-corrected chi connectivity index (χ0v) is 43.4. The molecule has 0 amide bonds. The van der Waals surface area contributed by atoms with Crippen LogP contribution in [0.4, 0.5) is 0 Å². The molecule has 0 radical (unpaired) electrons. The summed E-state index contributed by atoms with van der Waals surface area (Å²) < 4.78 is 21.4. The van der Waals surface area contributed by atoms with Crippen LogP contribution in [0.5, 0.6) is 17.2 Å². The van der Waals surface area contributed by atoms with Crippen LogP contribution >= 0.6 is 64.9 Å². The summed E-state index contributed by atoms with van der Waals surface area (Å²) in [6.45, 7) is 40.4. The topological polar surface area (TPSA) is 27.7 Å². The van der Waals surface area contributed by atoms with Gasteiger partial charge in [-0.05, 0) is 67.4 Å². The van der Waals surface area contributed by atoms with Gasteiger partial charge in [-0.1, -0.05) is 161 Å². The van der Waals surface area contributed by atoms with Crippen molar-refractivity contribution in [1.82, 2.24) is 0 Å². The molecule has 3 nitrogen and oxygen atoms in total. The van der Waals surface area contributed by atoms with Crippen molar-refractivity contribution in [1.29, 1.82) is 0 Å². The molecule has 0 aromatic heterocycles. The average molecular weight is 1150 g/mol. The molecular weight excluding hydrogens is 1090 g/mol. The van der Waals surface area contributed by atoms with Gasteiger partial charge in [-0.25, -0.2) is 0 Å². The van der Waals surface area contributed by atoms with Crippen LogP contribution in [-0.2, 0) is 32.5 Å². The van der Waals surface area contributed by atoms with E-state index in [0.29, 0.717) is 13.3 Å². The summed E-state index contributed by atoms with van der Waals surface area (Å²) in [5, 5.41) is 0. The van der Waals surface area contributed by atoms with E-state index in [1.807, 2.05) is 0 Å². The van der Waals surface area contributed by atoms with E-state index in [1.54, 1.807) is 0 Å². The summed E-state index contributed by atoms with van der Waals surface area (Å²) in [5.41, 5.74) is 3.65. The van der Waals surface area contributed by atoms with E-state index in [2.05, 4.69) is 238 Å². The fourth-order valence-electron chi connectivity index (χ4n) is 5.39. The molecular formula is C42H63I4O3P. The van der Waals surface area contributed by atoms with Gasteiger partial charge in [-0.3, -0.25) is 13.6 Å².